The fourth-order valence-corrected chi connectivity index (χ4v) is 0.971. The number of hydrogen-bond acceptors (Lipinski definition) is 3. The number of anilines is 1. The van der Waals surface area contributed by atoms with Crippen molar-refractivity contribution < 1.29 is 27.8 Å². The lowest BCUT2D eigenvalue weighted by atomic mass is 10.3. The highest BCUT2D eigenvalue weighted by Gasteiger charge is 2.31. The topological polar surface area (TPSA) is 58.6 Å². The summed E-state index contributed by atoms with van der Waals surface area (Å²) in [5.41, 5.74) is 0.112. The summed E-state index contributed by atoms with van der Waals surface area (Å²) < 4.78 is 39.2. The van der Waals surface area contributed by atoms with Crippen molar-refractivity contribution in [1.82, 2.24) is 0 Å². The van der Waals surface area contributed by atoms with E-state index in [0.717, 1.165) is 12.1 Å². The first-order valence-electron chi connectivity index (χ1n) is 4.17. The molecule has 0 heterocycles. The normalized spacial score (nSPS) is 11.0. The molecule has 0 radical (unpaired) electrons. The predicted octanol–water partition coefficient (Wildman–Crippen LogP) is 1.52. The molecule has 16 heavy (non-hydrogen) atoms. The van der Waals surface area contributed by atoms with Gasteiger partial charge >= 0.3 is 6.36 Å². The van der Waals surface area contributed by atoms with Gasteiger partial charge in [-0.2, -0.15) is 0 Å². The van der Waals surface area contributed by atoms with E-state index in [1.165, 1.54) is 12.1 Å². The monoisotopic (exact) mass is 235 g/mol. The van der Waals surface area contributed by atoms with Crippen LogP contribution in [0.25, 0.3) is 0 Å². The van der Waals surface area contributed by atoms with Gasteiger partial charge in [-0.05, 0) is 12.1 Å². The van der Waals surface area contributed by atoms with E-state index in [9.17, 15) is 18.0 Å². The van der Waals surface area contributed by atoms with Crippen LogP contribution in [0, 0.1) is 0 Å². The Morgan fingerprint density at radius 2 is 2.12 bits per heavy atom. The highest BCUT2D eigenvalue weighted by atomic mass is 19.4. The third-order valence-electron chi connectivity index (χ3n) is 1.49. The molecule has 0 bridgehead atoms. The lowest BCUT2D eigenvalue weighted by Crippen LogP contribution is -2.18. The van der Waals surface area contributed by atoms with Crippen molar-refractivity contribution in [3.05, 3.63) is 24.3 Å². The minimum atomic E-state index is -4.78. The van der Waals surface area contributed by atoms with Gasteiger partial charge < -0.3 is 15.2 Å². The fourth-order valence-electron chi connectivity index (χ4n) is 0.971. The first kappa shape index (κ1) is 12.3. The number of amides is 1. The molecule has 0 aliphatic carbocycles. The smallest absolute Gasteiger partial charge is 0.406 e. The Hall–Kier alpha value is -1.76. The van der Waals surface area contributed by atoms with Crippen molar-refractivity contribution in [3.63, 3.8) is 0 Å². The van der Waals surface area contributed by atoms with Crippen molar-refractivity contribution in [3.8, 4) is 5.75 Å². The Balaban J connectivity index is 2.75. The number of ether oxygens (including phenoxy) is 1. The highest BCUT2D eigenvalue weighted by molar-refractivity contribution is 5.91. The minimum absolute atomic E-state index is 0.112. The molecule has 0 aliphatic rings. The van der Waals surface area contributed by atoms with Crippen LogP contribution >= 0.6 is 0 Å². The van der Waals surface area contributed by atoms with E-state index in [-0.39, 0.29) is 5.69 Å². The summed E-state index contributed by atoms with van der Waals surface area (Å²) in [5, 5.41) is 10.6. The summed E-state index contributed by atoms with van der Waals surface area (Å²) in [7, 11) is 0. The molecule has 0 atom stereocenters. The van der Waals surface area contributed by atoms with Crippen molar-refractivity contribution in [1.29, 1.82) is 0 Å². The summed E-state index contributed by atoms with van der Waals surface area (Å²) in [4.78, 5) is 10.8. The Bertz CT molecular complexity index is 379. The van der Waals surface area contributed by atoms with Crippen LogP contribution in [0.4, 0.5) is 18.9 Å². The molecule has 1 aromatic rings. The molecule has 88 valence electrons. The molecule has 2 N–H and O–H groups in total. The van der Waals surface area contributed by atoms with E-state index in [4.69, 9.17) is 5.11 Å². The Kier molecular flexibility index (Phi) is 3.73. The summed E-state index contributed by atoms with van der Waals surface area (Å²) in [6.07, 6.45) is -4.78. The van der Waals surface area contributed by atoms with Crippen LogP contribution in [0.1, 0.15) is 0 Å². The average molecular weight is 235 g/mol. The van der Waals surface area contributed by atoms with Gasteiger partial charge in [0.15, 0.2) is 0 Å². The second-order valence-electron chi connectivity index (χ2n) is 2.78. The van der Waals surface area contributed by atoms with Gasteiger partial charge in [-0.25, -0.2) is 0 Å². The SMILES string of the molecule is O=C(CO)Nc1cccc(OC(F)(F)F)c1. The van der Waals surface area contributed by atoms with Crippen molar-refractivity contribution in [2.75, 3.05) is 11.9 Å². The number of aliphatic hydroxyl groups excluding tert-OH is 1. The molecular formula is C9H8F3NO3. The number of nitrogens with one attached hydrogen (secondary N) is 1. The number of halogens is 3. The van der Waals surface area contributed by atoms with Gasteiger partial charge in [0.05, 0.1) is 0 Å². The van der Waals surface area contributed by atoms with Crippen LogP contribution < -0.4 is 10.1 Å². The number of rotatable bonds is 3. The summed E-state index contributed by atoms with van der Waals surface area (Å²) >= 11 is 0. The largest absolute Gasteiger partial charge is 0.573 e. The van der Waals surface area contributed by atoms with E-state index in [0.29, 0.717) is 0 Å². The van der Waals surface area contributed by atoms with Gasteiger partial charge in [-0.15, -0.1) is 13.2 Å². The quantitative estimate of drug-likeness (QED) is 0.834. The van der Waals surface area contributed by atoms with Crippen molar-refractivity contribution >= 4 is 11.6 Å². The first-order valence-corrected chi connectivity index (χ1v) is 4.17. The minimum Gasteiger partial charge on any atom is -0.406 e. The Labute approximate surface area is 88.6 Å². The van der Waals surface area contributed by atoms with E-state index < -0.39 is 24.6 Å². The second kappa shape index (κ2) is 4.84. The molecular weight excluding hydrogens is 227 g/mol. The van der Waals surface area contributed by atoms with Crippen LogP contribution in [0.15, 0.2) is 24.3 Å². The predicted molar refractivity (Wildman–Crippen MR) is 48.8 cm³/mol. The zero-order chi connectivity index (χ0) is 12.2. The zero-order valence-electron chi connectivity index (χ0n) is 7.91. The van der Waals surface area contributed by atoms with Gasteiger partial charge in [0.1, 0.15) is 12.4 Å². The molecule has 0 spiro atoms. The van der Waals surface area contributed by atoms with Crippen molar-refractivity contribution in [2.24, 2.45) is 0 Å². The Morgan fingerprint density at radius 3 is 2.69 bits per heavy atom. The van der Waals surface area contributed by atoms with Gasteiger partial charge in [0.2, 0.25) is 5.91 Å². The Morgan fingerprint density at radius 1 is 1.44 bits per heavy atom. The number of carbonyl (C=O) groups is 1. The van der Waals surface area contributed by atoms with E-state index >= 15 is 0 Å². The number of hydrogen-bond donors (Lipinski definition) is 2. The molecule has 0 aliphatic heterocycles. The maximum atomic E-state index is 11.9. The number of benzene rings is 1. The van der Waals surface area contributed by atoms with Gasteiger partial charge in [0.25, 0.3) is 0 Å². The maximum Gasteiger partial charge on any atom is 0.573 e. The van der Waals surface area contributed by atoms with Crippen LogP contribution in [-0.2, 0) is 4.79 Å². The molecule has 1 amide bonds. The molecule has 1 aromatic carbocycles. The molecule has 0 saturated carbocycles. The standard InChI is InChI=1S/C9H8F3NO3/c10-9(11,12)16-7-3-1-2-6(4-7)13-8(15)5-14/h1-4,14H,5H2,(H,13,15). The van der Waals surface area contributed by atoms with Crippen LogP contribution in [0.3, 0.4) is 0 Å². The van der Waals surface area contributed by atoms with Crippen molar-refractivity contribution in [2.45, 2.75) is 6.36 Å². The molecule has 0 aromatic heterocycles. The lowest BCUT2D eigenvalue weighted by Gasteiger charge is -2.10. The molecule has 7 heteroatoms. The molecule has 0 unspecified atom stereocenters. The van der Waals surface area contributed by atoms with Crippen LogP contribution in [0.2, 0.25) is 0 Å². The van der Waals surface area contributed by atoms with Gasteiger partial charge in [-0.1, -0.05) is 6.07 Å². The third-order valence-corrected chi connectivity index (χ3v) is 1.49. The zero-order valence-corrected chi connectivity index (χ0v) is 7.91. The summed E-state index contributed by atoms with van der Waals surface area (Å²) in [5.74, 6) is -1.16. The molecule has 4 nitrogen and oxygen atoms in total. The molecule has 0 saturated heterocycles. The third kappa shape index (κ3) is 4.18. The molecule has 1 rings (SSSR count). The molecule has 0 fully saturated rings. The van der Waals surface area contributed by atoms with Gasteiger partial charge in [0, 0.05) is 11.8 Å². The number of aliphatic hydroxyl groups is 1. The summed E-state index contributed by atoms with van der Waals surface area (Å²) in [6.45, 7) is -0.746. The first-order chi connectivity index (χ1) is 7.40. The number of alkyl halides is 3. The van der Waals surface area contributed by atoms with Crippen LogP contribution in [0.5, 0.6) is 5.75 Å². The second-order valence-corrected chi connectivity index (χ2v) is 2.78. The van der Waals surface area contributed by atoms with Gasteiger partial charge in [-0.3, -0.25) is 4.79 Å². The summed E-state index contributed by atoms with van der Waals surface area (Å²) in [6, 6.07) is 4.76. The highest BCUT2D eigenvalue weighted by Crippen LogP contribution is 2.24. The van der Waals surface area contributed by atoms with Crippen LogP contribution in [-0.4, -0.2) is 24.0 Å². The number of carbonyl (C=O) groups excluding carboxylic acids is 1. The maximum absolute atomic E-state index is 11.9. The average Bonchev–Trinajstić information content (AvgIpc) is 2.15. The van der Waals surface area contributed by atoms with E-state index in [1.807, 2.05) is 0 Å². The lowest BCUT2D eigenvalue weighted by molar-refractivity contribution is -0.274. The van der Waals surface area contributed by atoms with E-state index in [2.05, 4.69) is 10.1 Å². The fraction of sp³-hybridized carbons (Fsp3) is 0.222. The van der Waals surface area contributed by atoms with E-state index in [1.54, 1.807) is 0 Å².